The average Bonchev–Trinajstić information content (AvgIpc) is 2.27. The summed E-state index contributed by atoms with van der Waals surface area (Å²) in [6.45, 7) is 0. The normalized spacial score (nSPS) is 35.6. The van der Waals surface area contributed by atoms with Crippen LogP contribution < -0.4 is 5.73 Å². The predicted molar refractivity (Wildman–Crippen MR) is 56.9 cm³/mol. The Balaban J connectivity index is 2.27. The van der Waals surface area contributed by atoms with Gasteiger partial charge in [0.05, 0.1) is 0 Å². The molecule has 0 aromatic carbocycles. The predicted octanol–water partition coefficient (Wildman–Crippen LogP) is -1.32. The molecule has 16 heavy (non-hydrogen) atoms. The van der Waals surface area contributed by atoms with Crippen molar-refractivity contribution >= 4 is 29.4 Å². The summed E-state index contributed by atoms with van der Waals surface area (Å²) in [5, 5.41) is 12.5. The van der Waals surface area contributed by atoms with Crippen LogP contribution in [0, 0.1) is 0 Å². The van der Waals surface area contributed by atoms with Crippen LogP contribution in [-0.4, -0.2) is 57.9 Å². The van der Waals surface area contributed by atoms with E-state index in [0.717, 1.165) is 0 Å². The van der Waals surface area contributed by atoms with Crippen LogP contribution in [0.1, 0.15) is 0 Å². The molecule has 0 aromatic heterocycles. The van der Waals surface area contributed by atoms with Crippen molar-refractivity contribution in [3.05, 3.63) is 0 Å². The molecule has 2 rings (SSSR count). The van der Waals surface area contributed by atoms with Crippen molar-refractivity contribution in [1.29, 1.82) is 0 Å². The van der Waals surface area contributed by atoms with Crippen LogP contribution in [0.15, 0.2) is 5.16 Å². The van der Waals surface area contributed by atoms with Crippen LogP contribution in [-0.2, 0) is 14.4 Å². The lowest BCUT2D eigenvalue weighted by Gasteiger charge is -2.50. The summed E-state index contributed by atoms with van der Waals surface area (Å²) in [6, 6.07) is -1.64. The molecule has 2 heterocycles. The fourth-order valence-corrected chi connectivity index (χ4v) is 3.10. The van der Waals surface area contributed by atoms with E-state index in [9.17, 15) is 9.59 Å². The third-order valence-corrected chi connectivity index (χ3v) is 3.88. The molecule has 3 N–H and O–H groups in total. The zero-order valence-electron chi connectivity index (χ0n) is 8.49. The summed E-state index contributed by atoms with van der Waals surface area (Å²) in [7, 11) is 1.34. The summed E-state index contributed by atoms with van der Waals surface area (Å²) in [5.41, 5.74) is 5.91. The topological polar surface area (TPSA) is 105 Å². The van der Waals surface area contributed by atoms with Crippen molar-refractivity contribution in [1.82, 2.24) is 4.90 Å². The van der Waals surface area contributed by atoms with Gasteiger partial charge in [0.25, 0.3) is 0 Å². The molecule has 2 fully saturated rings. The maximum Gasteiger partial charge on any atom is 0.332 e. The van der Waals surface area contributed by atoms with Crippen LogP contribution in [0.5, 0.6) is 0 Å². The monoisotopic (exact) mass is 245 g/mol. The fourth-order valence-electron chi connectivity index (χ4n) is 1.83. The first-order valence-electron chi connectivity index (χ1n) is 4.60. The summed E-state index contributed by atoms with van der Waals surface area (Å²) in [6.07, 6.45) is 0. The van der Waals surface area contributed by atoms with Crippen molar-refractivity contribution in [2.75, 3.05) is 12.9 Å². The van der Waals surface area contributed by atoms with E-state index >= 15 is 0 Å². The van der Waals surface area contributed by atoms with Gasteiger partial charge in [0.2, 0.25) is 5.91 Å². The van der Waals surface area contributed by atoms with E-state index in [4.69, 9.17) is 10.8 Å². The molecule has 1 amide bonds. The Bertz CT molecular complexity index is 372. The SMILES string of the molecule is CON=C1CSC2C(N)C(=O)N2C1C(=O)O. The van der Waals surface area contributed by atoms with Gasteiger partial charge in [-0.25, -0.2) is 4.79 Å². The number of rotatable bonds is 2. The average molecular weight is 245 g/mol. The Hall–Kier alpha value is -1.28. The van der Waals surface area contributed by atoms with Crippen LogP contribution in [0.2, 0.25) is 0 Å². The van der Waals surface area contributed by atoms with E-state index in [1.54, 1.807) is 0 Å². The summed E-state index contributed by atoms with van der Waals surface area (Å²) >= 11 is 1.40. The molecule has 7 nitrogen and oxygen atoms in total. The highest BCUT2D eigenvalue weighted by atomic mass is 32.2. The van der Waals surface area contributed by atoms with Gasteiger partial charge >= 0.3 is 5.97 Å². The molecule has 0 radical (unpaired) electrons. The molecule has 88 valence electrons. The quantitative estimate of drug-likeness (QED) is 0.462. The highest BCUT2D eigenvalue weighted by molar-refractivity contribution is 8.00. The standard InChI is InChI=1S/C8H11N3O4S/c1-15-10-3-2-16-7-4(9)6(12)11(7)5(3)8(13)14/h4-5,7H,2,9H2,1H3,(H,13,14). The molecule has 2 saturated heterocycles. The van der Waals surface area contributed by atoms with Gasteiger partial charge in [0, 0.05) is 5.75 Å². The molecule has 8 heteroatoms. The van der Waals surface area contributed by atoms with E-state index in [0.29, 0.717) is 11.5 Å². The number of carbonyl (C=O) groups is 2. The highest BCUT2D eigenvalue weighted by Gasteiger charge is 2.55. The summed E-state index contributed by atoms with van der Waals surface area (Å²) in [5.74, 6) is -1.05. The minimum absolute atomic E-state index is 0.260. The molecule has 0 aromatic rings. The third-order valence-electron chi connectivity index (χ3n) is 2.56. The molecule has 0 bridgehead atoms. The lowest BCUT2D eigenvalue weighted by molar-refractivity contribution is -0.156. The van der Waals surface area contributed by atoms with Gasteiger partial charge in [-0.05, 0) is 0 Å². The second kappa shape index (κ2) is 3.95. The largest absolute Gasteiger partial charge is 0.479 e. The minimum Gasteiger partial charge on any atom is -0.479 e. The summed E-state index contributed by atoms with van der Waals surface area (Å²) in [4.78, 5) is 28.4. The van der Waals surface area contributed by atoms with Gasteiger partial charge in [-0.2, -0.15) is 0 Å². The number of β-lactam (4-membered cyclic amide) rings is 1. The van der Waals surface area contributed by atoms with Gasteiger partial charge in [0.15, 0.2) is 6.04 Å². The van der Waals surface area contributed by atoms with E-state index in [1.165, 1.54) is 23.8 Å². The number of nitrogens with two attached hydrogens (primary N) is 1. The second-order valence-electron chi connectivity index (χ2n) is 3.48. The maximum absolute atomic E-state index is 11.5. The number of aliphatic carboxylic acids is 1. The van der Waals surface area contributed by atoms with Crippen molar-refractivity contribution in [3.63, 3.8) is 0 Å². The molecular formula is C8H11N3O4S. The second-order valence-corrected chi connectivity index (χ2v) is 4.58. The lowest BCUT2D eigenvalue weighted by Crippen LogP contribution is -2.74. The molecular weight excluding hydrogens is 234 g/mol. The van der Waals surface area contributed by atoms with Gasteiger partial charge in [-0.15, -0.1) is 11.8 Å². The van der Waals surface area contributed by atoms with Gasteiger partial charge in [-0.1, -0.05) is 5.16 Å². The number of hydrogen-bond acceptors (Lipinski definition) is 6. The molecule has 3 unspecified atom stereocenters. The van der Waals surface area contributed by atoms with Gasteiger partial charge in [-0.3, -0.25) is 4.79 Å². The van der Waals surface area contributed by atoms with Gasteiger partial charge in [0.1, 0.15) is 24.2 Å². The van der Waals surface area contributed by atoms with E-state index in [1.807, 2.05) is 0 Å². The van der Waals surface area contributed by atoms with Crippen LogP contribution >= 0.6 is 11.8 Å². The minimum atomic E-state index is -1.11. The fraction of sp³-hybridized carbons (Fsp3) is 0.625. The van der Waals surface area contributed by atoms with E-state index in [2.05, 4.69) is 9.99 Å². The maximum atomic E-state index is 11.5. The number of oxime groups is 1. The Kier molecular flexibility index (Phi) is 2.76. The highest BCUT2D eigenvalue weighted by Crippen LogP contribution is 2.36. The van der Waals surface area contributed by atoms with Crippen molar-refractivity contribution < 1.29 is 19.5 Å². The molecule has 2 aliphatic rings. The number of nitrogens with zero attached hydrogens (tertiary/aromatic N) is 2. The van der Waals surface area contributed by atoms with Crippen molar-refractivity contribution in [2.24, 2.45) is 10.9 Å². The first-order chi connectivity index (χ1) is 7.57. The van der Waals surface area contributed by atoms with E-state index < -0.39 is 18.1 Å². The Morgan fingerprint density at radius 1 is 1.75 bits per heavy atom. The number of carbonyl (C=O) groups excluding carboxylic acids is 1. The molecule has 0 aliphatic carbocycles. The smallest absolute Gasteiger partial charge is 0.332 e. The Morgan fingerprint density at radius 2 is 2.44 bits per heavy atom. The number of carboxylic acids is 1. The number of amides is 1. The number of thioether (sulfide) groups is 1. The van der Waals surface area contributed by atoms with Crippen LogP contribution in [0.3, 0.4) is 0 Å². The zero-order chi connectivity index (χ0) is 11.9. The van der Waals surface area contributed by atoms with Crippen LogP contribution in [0.4, 0.5) is 0 Å². The Labute approximate surface area is 95.6 Å². The molecule has 0 spiro atoms. The number of hydrogen-bond donors (Lipinski definition) is 2. The third kappa shape index (κ3) is 1.45. The van der Waals surface area contributed by atoms with Crippen molar-refractivity contribution in [2.45, 2.75) is 17.5 Å². The first kappa shape index (κ1) is 11.2. The molecule has 3 atom stereocenters. The van der Waals surface area contributed by atoms with Crippen LogP contribution in [0.25, 0.3) is 0 Å². The molecule has 0 saturated carbocycles. The lowest BCUT2D eigenvalue weighted by atomic mass is 10.0. The van der Waals surface area contributed by atoms with Crippen molar-refractivity contribution in [3.8, 4) is 0 Å². The summed E-state index contributed by atoms with van der Waals surface area (Å²) < 4.78 is 0. The number of fused-ring (bicyclic) bond motifs is 1. The Morgan fingerprint density at radius 3 is 3.00 bits per heavy atom. The van der Waals surface area contributed by atoms with Gasteiger partial charge < -0.3 is 20.6 Å². The van der Waals surface area contributed by atoms with E-state index in [-0.39, 0.29) is 11.3 Å². The first-order valence-corrected chi connectivity index (χ1v) is 5.65. The number of carboxylic acid groups (broad SMARTS) is 1. The zero-order valence-corrected chi connectivity index (χ0v) is 9.31. The molecule has 2 aliphatic heterocycles.